The first-order valence-electron chi connectivity index (χ1n) is 10.2. The molecule has 0 aliphatic carbocycles. The minimum atomic E-state index is -0.101. The number of carbonyl (C=O) groups is 2. The average molecular weight is 427 g/mol. The number of amides is 2. The van der Waals surface area contributed by atoms with Gasteiger partial charge in [0.2, 0.25) is 5.91 Å². The van der Waals surface area contributed by atoms with Crippen LogP contribution in [0.4, 0.5) is 5.69 Å². The highest BCUT2D eigenvalue weighted by molar-refractivity contribution is 7.99. The predicted octanol–water partition coefficient (Wildman–Crippen LogP) is 2.67. The van der Waals surface area contributed by atoms with Gasteiger partial charge in [0.25, 0.3) is 5.91 Å². The Bertz CT molecular complexity index is 851. The second kappa shape index (κ2) is 11.2. The zero-order valence-corrected chi connectivity index (χ0v) is 18.5. The Hall–Kier alpha value is -2.35. The average Bonchev–Trinajstić information content (AvgIpc) is 2.74. The lowest BCUT2D eigenvalue weighted by molar-refractivity contribution is -0.117. The fraction of sp³-hybridized carbons (Fsp3) is 0.391. The SMILES string of the molecule is CNC(=O)c1ccc(CN(C)CC(=O)Nc2cccc(CN3CCSCC3)c2)cc1. The third-order valence-corrected chi connectivity index (χ3v) is 5.97. The first kappa shape index (κ1) is 22.3. The van der Waals surface area contributed by atoms with Crippen LogP contribution in [0.1, 0.15) is 21.5 Å². The summed E-state index contributed by atoms with van der Waals surface area (Å²) in [6.45, 7) is 4.10. The van der Waals surface area contributed by atoms with E-state index >= 15 is 0 Å². The molecule has 2 aromatic carbocycles. The van der Waals surface area contributed by atoms with E-state index in [0.29, 0.717) is 18.7 Å². The smallest absolute Gasteiger partial charge is 0.251 e. The highest BCUT2D eigenvalue weighted by Gasteiger charge is 2.12. The predicted molar refractivity (Wildman–Crippen MR) is 124 cm³/mol. The number of hydrogen-bond acceptors (Lipinski definition) is 5. The van der Waals surface area contributed by atoms with Crippen molar-refractivity contribution in [2.24, 2.45) is 0 Å². The highest BCUT2D eigenvalue weighted by atomic mass is 32.2. The largest absolute Gasteiger partial charge is 0.355 e. The second-order valence-corrected chi connectivity index (χ2v) is 8.81. The second-order valence-electron chi connectivity index (χ2n) is 7.59. The molecule has 160 valence electrons. The van der Waals surface area contributed by atoms with Crippen LogP contribution in [0.2, 0.25) is 0 Å². The van der Waals surface area contributed by atoms with Crippen LogP contribution in [0.15, 0.2) is 48.5 Å². The van der Waals surface area contributed by atoms with Crippen molar-refractivity contribution in [1.82, 2.24) is 15.1 Å². The standard InChI is InChI=1S/C23H30N4O2S/c1-24-23(29)20-8-6-18(7-9-20)15-26(2)17-22(28)25-21-5-3-4-19(14-21)16-27-10-12-30-13-11-27/h3-9,14H,10-13,15-17H2,1-2H3,(H,24,29)(H,25,28). The summed E-state index contributed by atoms with van der Waals surface area (Å²) in [5.74, 6) is 2.25. The molecule has 0 unspecified atom stereocenters. The van der Waals surface area contributed by atoms with Crippen LogP contribution < -0.4 is 10.6 Å². The van der Waals surface area contributed by atoms with Gasteiger partial charge in [-0.3, -0.25) is 19.4 Å². The van der Waals surface area contributed by atoms with Gasteiger partial charge >= 0.3 is 0 Å². The fourth-order valence-corrected chi connectivity index (χ4v) is 4.46. The van der Waals surface area contributed by atoms with Gasteiger partial charge in [0.1, 0.15) is 0 Å². The molecule has 1 saturated heterocycles. The first-order chi connectivity index (χ1) is 14.5. The lowest BCUT2D eigenvalue weighted by atomic mass is 10.1. The maximum Gasteiger partial charge on any atom is 0.251 e. The summed E-state index contributed by atoms with van der Waals surface area (Å²) in [7, 11) is 3.53. The van der Waals surface area contributed by atoms with Gasteiger partial charge in [0.15, 0.2) is 0 Å². The maximum absolute atomic E-state index is 12.5. The number of carbonyl (C=O) groups excluding carboxylic acids is 2. The monoisotopic (exact) mass is 426 g/mol. The molecule has 1 heterocycles. The molecule has 1 aliphatic heterocycles. The van der Waals surface area contributed by atoms with Crippen molar-refractivity contribution in [3.63, 3.8) is 0 Å². The zero-order chi connectivity index (χ0) is 21.3. The van der Waals surface area contributed by atoms with Crippen molar-refractivity contribution in [3.05, 3.63) is 65.2 Å². The zero-order valence-electron chi connectivity index (χ0n) is 17.7. The summed E-state index contributed by atoms with van der Waals surface area (Å²) in [4.78, 5) is 28.5. The Morgan fingerprint density at radius 3 is 2.50 bits per heavy atom. The number of benzene rings is 2. The van der Waals surface area contributed by atoms with E-state index in [1.807, 2.05) is 48.0 Å². The van der Waals surface area contributed by atoms with Crippen LogP contribution in [-0.2, 0) is 17.9 Å². The molecule has 1 fully saturated rings. The lowest BCUT2D eigenvalue weighted by Crippen LogP contribution is -2.32. The number of hydrogen-bond donors (Lipinski definition) is 2. The summed E-state index contributed by atoms with van der Waals surface area (Å²) in [5.41, 5.74) is 3.75. The van der Waals surface area contributed by atoms with E-state index in [-0.39, 0.29) is 11.8 Å². The van der Waals surface area contributed by atoms with Gasteiger partial charge in [0.05, 0.1) is 6.54 Å². The molecular formula is C23H30N4O2S. The molecule has 2 N–H and O–H groups in total. The topological polar surface area (TPSA) is 64.7 Å². The van der Waals surface area contributed by atoms with E-state index in [2.05, 4.69) is 27.7 Å². The Kier molecular flexibility index (Phi) is 8.30. The van der Waals surface area contributed by atoms with Crippen molar-refractivity contribution in [2.45, 2.75) is 13.1 Å². The molecule has 3 rings (SSSR count). The molecule has 0 saturated carbocycles. The molecule has 0 radical (unpaired) electrons. The lowest BCUT2D eigenvalue weighted by Gasteiger charge is -2.26. The van der Waals surface area contributed by atoms with Crippen molar-refractivity contribution in [1.29, 1.82) is 0 Å². The van der Waals surface area contributed by atoms with Crippen molar-refractivity contribution in [2.75, 3.05) is 50.6 Å². The molecule has 6 nitrogen and oxygen atoms in total. The maximum atomic E-state index is 12.5. The number of nitrogens with one attached hydrogen (secondary N) is 2. The number of rotatable bonds is 8. The Balaban J connectivity index is 1.48. The highest BCUT2D eigenvalue weighted by Crippen LogP contribution is 2.16. The van der Waals surface area contributed by atoms with E-state index in [9.17, 15) is 9.59 Å². The molecule has 0 bridgehead atoms. The van der Waals surface area contributed by atoms with Crippen LogP contribution in [0.5, 0.6) is 0 Å². The van der Waals surface area contributed by atoms with Crippen molar-refractivity contribution in [3.8, 4) is 0 Å². The molecular weight excluding hydrogens is 396 g/mol. The first-order valence-corrected chi connectivity index (χ1v) is 11.4. The van der Waals surface area contributed by atoms with Crippen molar-refractivity contribution < 1.29 is 9.59 Å². The molecule has 7 heteroatoms. The molecule has 0 spiro atoms. The minimum Gasteiger partial charge on any atom is -0.355 e. The normalized spacial score (nSPS) is 14.5. The fourth-order valence-electron chi connectivity index (χ4n) is 3.48. The van der Waals surface area contributed by atoms with E-state index in [4.69, 9.17) is 0 Å². The molecule has 1 aliphatic rings. The number of anilines is 1. The third-order valence-electron chi connectivity index (χ3n) is 5.03. The number of thioether (sulfide) groups is 1. The summed E-state index contributed by atoms with van der Waals surface area (Å²) >= 11 is 2.01. The van der Waals surface area contributed by atoms with Crippen LogP contribution >= 0.6 is 11.8 Å². The van der Waals surface area contributed by atoms with Crippen LogP contribution in [0, 0.1) is 0 Å². The van der Waals surface area contributed by atoms with Gasteiger partial charge in [-0.05, 0) is 42.4 Å². The van der Waals surface area contributed by atoms with Crippen LogP contribution in [0.25, 0.3) is 0 Å². The summed E-state index contributed by atoms with van der Waals surface area (Å²) < 4.78 is 0. The number of likely N-dealkylation sites (N-methyl/N-ethyl adjacent to an activating group) is 1. The summed E-state index contributed by atoms with van der Waals surface area (Å²) in [5, 5.41) is 5.62. The Morgan fingerprint density at radius 2 is 1.80 bits per heavy atom. The van der Waals surface area contributed by atoms with E-state index in [0.717, 1.165) is 30.9 Å². The number of nitrogens with zero attached hydrogens (tertiary/aromatic N) is 2. The molecule has 30 heavy (non-hydrogen) atoms. The van der Waals surface area contributed by atoms with E-state index < -0.39 is 0 Å². The molecule has 2 aromatic rings. The van der Waals surface area contributed by atoms with E-state index in [1.165, 1.54) is 17.1 Å². The molecule has 0 atom stereocenters. The molecule has 0 aromatic heterocycles. The van der Waals surface area contributed by atoms with Gasteiger partial charge in [0, 0.05) is 56.0 Å². The summed E-state index contributed by atoms with van der Waals surface area (Å²) in [6, 6.07) is 15.6. The third kappa shape index (κ3) is 6.86. The Morgan fingerprint density at radius 1 is 1.07 bits per heavy atom. The quantitative estimate of drug-likeness (QED) is 0.680. The van der Waals surface area contributed by atoms with Crippen molar-refractivity contribution >= 4 is 29.3 Å². The van der Waals surface area contributed by atoms with E-state index in [1.54, 1.807) is 19.2 Å². The van der Waals surface area contributed by atoms with Gasteiger partial charge in [-0.2, -0.15) is 11.8 Å². The minimum absolute atomic E-state index is 0.0361. The molecule has 2 amide bonds. The Labute approximate surface area is 183 Å². The van der Waals surface area contributed by atoms with Crippen LogP contribution in [-0.4, -0.2) is 66.8 Å². The van der Waals surface area contributed by atoms with Crippen LogP contribution in [0.3, 0.4) is 0 Å². The van der Waals surface area contributed by atoms with Gasteiger partial charge in [-0.25, -0.2) is 0 Å². The summed E-state index contributed by atoms with van der Waals surface area (Å²) in [6.07, 6.45) is 0. The van der Waals surface area contributed by atoms with Gasteiger partial charge in [-0.15, -0.1) is 0 Å². The van der Waals surface area contributed by atoms with Gasteiger partial charge < -0.3 is 10.6 Å². The van der Waals surface area contributed by atoms with Gasteiger partial charge in [-0.1, -0.05) is 24.3 Å².